The first kappa shape index (κ1) is 13.0. The van der Waals surface area contributed by atoms with Gasteiger partial charge in [-0.3, -0.25) is 4.79 Å². The second-order valence-electron chi connectivity index (χ2n) is 4.58. The Balaban J connectivity index is 2.07. The molecule has 0 atom stereocenters. The lowest BCUT2D eigenvalue weighted by Gasteiger charge is -2.08. The van der Waals surface area contributed by atoms with Crippen molar-refractivity contribution < 1.29 is 0 Å². The molecule has 0 aliphatic carbocycles. The van der Waals surface area contributed by atoms with Crippen molar-refractivity contribution in [2.45, 2.75) is 33.2 Å². The van der Waals surface area contributed by atoms with E-state index in [1.54, 1.807) is 12.1 Å². The molecule has 3 heteroatoms. The number of aromatic nitrogens is 1. The zero-order valence-electron chi connectivity index (χ0n) is 10.3. The van der Waals surface area contributed by atoms with Crippen LogP contribution in [0.3, 0.4) is 0 Å². The van der Waals surface area contributed by atoms with Crippen LogP contribution in [-0.4, -0.2) is 17.7 Å². The quantitative estimate of drug-likeness (QED) is 0.715. The molecule has 0 spiro atoms. The molecule has 0 aromatic carbocycles. The molecule has 1 rings (SSSR count). The number of nitrogens with zero attached hydrogens (tertiary/aromatic N) is 1. The lowest BCUT2D eigenvalue weighted by Crippen LogP contribution is -2.20. The molecule has 1 heterocycles. The third-order valence-corrected chi connectivity index (χ3v) is 2.43. The molecule has 1 N–H and O–H groups in total. The van der Waals surface area contributed by atoms with Crippen LogP contribution in [0.1, 0.15) is 26.7 Å². The van der Waals surface area contributed by atoms with Crippen LogP contribution in [-0.2, 0) is 6.54 Å². The van der Waals surface area contributed by atoms with Crippen LogP contribution in [0.5, 0.6) is 0 Å². The van der Waals surface area contributed by atoms with Crippen molar-refractivity contribution in [1.29, 1.82) is 0 Å². The van der Waals surface area contributed by atoms with Gasteiger partial charge >= 0.3 is 0 Å². The monoisotopic (exact) mass is 222 g/mol. The molecule has 0 fully saturated rings. The van der Waals surface area contributed by atoms with Crippen LogP contribution in [0.25, 0.3) is 0 Å². The predicted octanol–water partition coefficient (Wildman–Crippen LogP) is 1.87. The Labute approximate surface area is 97.5 Å². The zero-order chi connectivity index (χ0) is 11.8. The maximum Gasteiger partial charge on any atom is 0.181 e. The minimum atomic E-state index is 0.0786. The van der Waals surface area contributed by atoms with E-state index in [0.29, 0.717) is 0 Å². The summed E-state index contributed by atoms with van der Waals surface area (Å²) in [5, 5.41) is 3.42. The lowest BCUT2D eigenvalue weighted by molar-refractivity contribution is 0.519. The van der Waals surface area contributed by atoms with Crippen LogP contribution >= 0.6 is 0 Å². The molecule has 90 valence electrons. The molecule has 0 bridgehead atoms. The Hall–Kier alpha value is -1.09. The summed E-state index contributed by atoms with van der Waals surface area (Å²) in [6.45, 7) is 7.60. The van der Waals surface area contributed by atoms with E-state index in [1.807, 2.05) is 12.4 Å². The molecule has 0 amide bonds. The fourth-order valence-electron chi connectivity index (χ4n) is 1.53. The molecule has 16 heavy (non-hydrogen) atoms. The summed E-state index contributed by atoms with van der Waals surface area (Å²) in [4.78, 5) is 10.9. The van der Waals surface area contributed by atoms with Crippen LogP contribution in [0.4, 0.5) is 0 Å². The summed E-state index contributed by atoms with van der Waals surface area (Å²) in [5.74, 6) is 0.721. The van der Waals surface area contributed by atoms with Crippen molar-refractivity contribution in [1.82, 2.24) is 9.88 Å². The maximum atomic E-state index is 10.9. The highest BCUT2D eigenvalue weighted by atomic mass is 16.1. The maximum absolute atomic E-state index is 10.9. The summed E-state index contributed by atoms with van der Waals surface area (Å²) in [6, 6.07) is 3.22. The molecule has 0 saturated carbocycles. The number of hydrogen-bond acceptors (Lipinski definition) is 2. The summed E-state index contributed by atoms with van der Waals surface area (Å²) < 4.78 is 2.06. The van der Waals surface area contributed by atoms with E-state index < -0.39 is 0 Å². The van der Waals surface area contributed by atoms with Crippen molar-refractivity contribution in [2.24, 2.45) is 5.92 Å². The number of pyridine rings is 1. The number of hydrogen-bond donors (Lipinski definition) is 1. The van der Waals surface area contributed by atoms with Crippen molar-refractivity contribution in [2.75, 3.05) is 13.1 Å². The van der Waals surface area contributed by atoms with Gasteiger partial charge in [-0.05, 0) is 31.8 Å². The topological polar surface area (TPSA) is 34.0 Å². The molecule has 1 aromatic heterocycles. The molecule has 0 saturated heterocycles. The normalized spacial score (nSPS) is 10.9. The highest BCUT2D eigenvalue weighted by Crippen LogP contribution is 1.94. The largest absolute Gasteiger partial charge is 0.354 e. The number of rotatable bonds is 7. The van der Waals surface area contributed by atoms with Gasteiger partial charge in [-0.15, -0.1) is 0 Å². The molecule has 1 aromatic rings. The van der Waals surface area contributed by atoms with Gasteiger partial charge in [0.15, 0.2) is 5.43 Å². The standard InChI is InChI=1S/C13H22N2O/c1-12(2)11-14-7-3-4-8-15-9-5-13(16)6-10-15/h5-6,9-10,12,14H,3-4,7-8,11H2,1-2H3. The third kappa shape index (κ3) is 5.71. The fraction of sp³-hybridized carbons (Fsp3) is 0.615. The van der Waals surface area contributed by atoms with Crippen LogP contribution in [0, 0.1) is 5.92 Å². The van der Waals surface area contributed by atoms with Gasteiger partial charge in [-0.25, -0.2) is 0 Å². The Morgan fingerprint density at radius 1 is 1.25 bits per heavy atom. The van der Waals surface area contributed by atoms with E-state index >= 15 is 0 Å². The van der Waals surface area contributed by atoms with Crippen molar-refractivity contribution in [3.63, 3.8) is 0 Å². The first-order valence-corrected chi connectivity index (χ1v) is 6.05. The summed E-state index contributed by atoms with van der Waals surface area (Å²) in [5.41, 5.74) is 0.0786. The molecule has 0 aliphatic heterocycles. The number of unbranched alkanes of at least 4 members (excludes halogenated alkanes) is 1. The summed E-state index contributed by atoms with van der Waals surface area (Å²) in [7, 11) is 0. The molecular formula is C13H22N2O. The fourth-order valence-corrected chi connectivity index (χ4v) is 1.53. The van der Waals surface area contributed by atoms with E-state index in [1.165, 1.54) is 6.42 Å². The van der Waals surface area contributed by atoms with Gasteiger partial charge < -0.3 is 9.88 Å². The molecule has 3 nitrogen and oxygen atoms in total. The average molecular weight is 222 g/mol. The first-order chi connectivity index (χ1) is 7.68. The van der Waals surface area contributed by atoms with Crippen molar-refractivity contribution in [3.8, 4) is 0 Å². The highest BCUT2D eigenvalue weighted by Gasteiger charge is 1.93. The van der Waals surface area contributed by atoms with E-state index in [4.69, 9.17) is 0 Å². The van der Waals surface area contributed by atoms with Gasteiger partial charge in [-0.2, -0.15) is 0 Å². The third-order valence-electron chi connectivity index (χ3n) is 2.43. The zero-order valence-corrected chi connectivity index (χ0v) is 10.3. The number of aryl methyl sites for hydroxylation is 1. The Morgan fingerprint density at radius 2 is 1.94 bits per heavy atom. The second-order valence-corrected chi connectivity index (χ2v) is 4.58. The highest BCUT2D eigenvalue weighted by molar-refractivity contribution is 4.93. The van der Waals surface area contributed by atoms with Gasteiger partial charge in [0.1, 0.15) is 0 Å². The lowest BCUT2D eigenvalue weighted by atomic mass is 10.2. The van der Waals surface area contributed by atoms with Crippen LogP contribution in [0.15, 0.2) is 29.3 Å². The summed E-state index contributed by atoms with van der Waals surface area (Å²) >= 11 is 0. The van der Waals surface area contributed by atoms with E-state index in [2.05, 4.69) is 23.7 Å². The van der Waals surface area contributed by atoms with Gasteiger partial charge in [0.2, 0.25) is 0 Å². The molecule has 0 radical (unpaired) electrons. The SMILES string of the molecule is CC(C)CNCCCCn1ccc(=O)cc1. The molecule has 0 unspecified atom stereocenters. The molecular weight excluding hydrogens is 200 g/mol. The van der Waals surface area contributed by atoms with E-state index in [9.17, 15) is 4.79 Å². The summed E-state index contributed by atoms with van der Waals surface area (Å²) in [6.07, 6.45) is 6.03. The predicted molar refractivity (Wildman–Crippen MR) is 67.6 cm³/mol. The van der Waals surface area contributed by atoms with Gasteiger partial charge in [0.25, 0.3) is 0 Å². The smallest absolute Gasteiger partial charge is 0.181 e. The minimum absolute atomic E-state index is 0.0786. The Kier molecular flexibility index (Phi) is 5.86. The first-order valence-electron chi connectivity index (χ1n) is 6.05. The molecule has 0 aliphatic rings. The minimum Gasteiger partial charge on any atom is -0.354 e. The Bertz CT molecular complexity index is 324. The number of nitrogens with one attached hydrogen (secondary N) is 1. The van der Waals surface area contributed by atoms with E-state index in [0.717, 1.165) is 32.0 Å². The van der Waals surface area contributed by atoms with Crippen LogP contribution < -0.4 is 10.7 Å². The van der Waals surface area contributed by atoms with E-state index in [-0.39, 0.29) is 5.43 Å². The Morgan fingerprint density at radius 3 is 2.56 bits per heavy atom. The van der Waals surface area contributed by atoms with Crippen molar-refractivity contribution in [3.05, 3.63) is 34.7 Å². The van der Waals surface area contributed by atoms with Crippen LogP contribution in [0.2, 0.25) is 0 Å². The van der Waals surface area contributed by atoms with Gasteiger partial charge in [0.05, 0.1) is 0 Å². The van der Waals surface area contributed by atoms with Gasteiger partial charge in [0, 0.05) is 31.1 Å². The second kappa shape index (κ2) is 7.23. The van der Waals surface area contributed by atoms with Crippen molar-refractivity contribution >= 4 is 0 Å². The average Bonchev–Trinajstić information content (AvgIpc) is 2.25. The van der Waals surface area contributed by atoms with Gasteiger partial charge in [-0.1, -0.05) is 13.8 Å².